The molecule has 0 heterocycles. The van der Waals surface area contributed by atoms with Gasteiger partial charge in [0, 0.05) is 10.0 Å². The van der Waals surface area contributed by atoms with Gasteiger partial charge in [0.25, 0.3) is 0 Å². The fourth-order valence-corrected chi connectivity index (χ4v) is 2.43. The van der Waals surface area contributed by atoms with Gasteiger partial charge in [0.15, 0.2) is 0 Å². The third kappa shape index (κ3) is 4.08. The van der Waals surface area contributed by atoms with E-state index in [1.54, 1.807) is 6.92 Å². The highest BCUT2D eigenvalue weighted by molar-refractivity contribution is 9.10. The Balaban J connectivity index is 2.36. The minimum atomic E-state index is -0.570. The predicted molar refractivity (Wildman–Crippen MR) is 90.0 cm³/mol. The van der Waals surface area contributed by atoms with Crippen molar-refractivity contribution in [1.29, 1.82) is 0 Å². The van der Waals surface area contributed by atoms with E-state index in [1.165, 1.54) is 5.56 Å². The van der Waals surface area contributed by atoms with E-state index in [4.69, 9.17) is 4.74 Å². The molecule has 3 heteroatoms. The number of hydrogen-bond donors (Lipinski definition) is 1. The molecule has 21 heavy (non-hydrogen) atoms. The molecule has 2 nitrogen and oxygen atoms in total. The monoisotopic (exact) mass is 348 g/mol. The minimum Gasteiger partial charge on any atom is -0.457 e. The molecule has 0 amide bonds. The van der Waals surface area contributed by atoms with Crippen LogP contribution in [0.3, 0.4) is 0 Å². The van der Waals surface area contributed by atoms with Gasteiger partial charge in [-0.1, -0.05) is 54.9 Å². The van der Waals surface area contributed by atoms with E-state index in [9.17, 15) is 5.11 Å². The first-order valence-corrected chi connectivity index (χ1v) is 7.82. The third-order valence-corrected chi connectivity index (χ3v) is 3.85. The summed E-state index contributed by atoms with van der Waals surface area (Å²) in [4.78, 5) is 0. The standard InChI is InChI=1S/C18H21BrO2/c1-12(20)16-9-8-14(19)11-17(16)21-15-7-5-6-13(10-15)18(2,3)4/h5-12,20H,1-4H3. The second-order valence-corrected chi connectivity index (χ2v) is 7.15. The van der Waals surface area contributed by atoms with Gasteiger partial charge in [0.2, 0.25) is 0 Å². The fourth-order valence-electron chi connectivity index (χ4n) is 2.09. The molecule has 0 fully saturated rings. The zero-order chi connectivity index (χ0) is 15.6. The molecule has 0 aromatic heterocycles. The topological polar surface area (TPSA) is 29.5 Å². The van der Waals surface area contributed by atoms with Gasteiger partial charge in [0.05, 0.1) is 6.10 Å². The number of aliphatic hydroxyl groups is 1. The van der Waals surface area contributed by atoms with Crippen LogP contribution in [0.2, 0.25) is 0 Å². The second kappa shape index (κ2) is 6.20. The molecular formula is C18H21BrO2. The molecule has 2 rings (SSSR count). The molecule has 1 unspecified atom stereocenters. The van der Waals surface area contributed by atoms with E-state index in [0.29, 0.717) is 5.75 Å². The van der Waals surface area contributed by atoms with Crippen LogP contribution in [0.5, 0.6) is 11.5 Å². The van der Waals surface area contributed by atoms with Gasteiger partial charge in [-0.3, -0.25) is 0 Å². The zero-order valence-corrected chi connectivity index (χ0v) is 14.4. The Morgan fingerprint density at radius 1 is 1.10 bits per heavy atom. The van der Waals surface area contributed by atoms with Gasteiger partial charge in [-0.15, -0.1) is 0 Å². The van der Waals surface area contributed by atoms with Gasteiger partial charge >= 0.3 is 0 Å². The van der Waals surface area contributed by atoms with Crippen molar-refractivity contribution in [2.45, 2.75) is 39.2 Å². The summed E-state index contributed by atoms with van der Waals surface area (Å²) in [5.74, 6) is 1.45. The summed E-state index contributed by atoms with van der Waals surface area (Å²) in [6.07, 6.45) is -0.570. The molecule has 0 aliphatic heterocycles. The number of rotatable bonds is 3. The van der Waals surface area contributed by atoms with Crippen molar-refractivity contribution in [3.05, 3.63) is 58.1 Å². The van der Waals surface area contributed by atoms with E-state index in [1.807, 2.05) is 36.4 Å². The molecule has 0 spiro atoms. The number of halogens is 1. The van der Waals surface area contributed by atoms with Gasteiger partial charge in [-0.2, -0.15) is 0 Å². The third-order valence-electron chi connectivity index (χ3n) is 3.35. The molecule has 112 valence electrons. The first-order valence-electron chi connectivity index (χ1n) is 7.03. The van der Waals surface area contributed by atoms with Gasteiger partial charge in [0.1, 0.15) is 11.5 Å². The lowest BCUT2D eigenvalue weighted by atomic mass is 9.87. The lowest BCUT2D eigenvalue weighted by molar-refractivity contribution is 0.195. The highest BCUT2D eigenvalue weighted by Gasteiger charge is 2.15. The molecule has 2 aromatic carbocycles. The van der Waals surface area contributed by atoms with E-state index in [0.717, 1.165) is 15.8 Å². The van der Waals surface area contributed by atoms with E-state index in [-0.39, 0.29) is 5.41 Å². The largest absolute Gasteiger partial charge is 0.457 e. The minimum absolute atomic E-state index is 0.0732. The Morgan fingerprint density at radius 2 is 1.81 bits per heavy atom. The summed E-state index contributed by atoms with van der Waals surface area (Å²) in [6.45, 7) is 8.26. The van der Waals surface area contributed by atoms with Crippen molar-refractivity contribution in [1.82, 2.24) is 0 Å². The summed E-state index contributed by atoms with van der Waals surface area (Å²) in [6, 6.07) is 13.7. The van der Waals surface area contributed by atoms with E-state index in [2.05, 4.69) is 42.8 Å². The molecule has 1 N–H and O–H groups in total. The lowest BCUT2D eigenvalue weighted by Gasteiger charge is -2.20. The average molecular weight is 349 g/mol. The van der Waals surface area contributed by atoms with Crippen LogP contribution in [0.1, 0.15) is 44.9 Å². The maximum atomic E-state index is 9.86. The summed E-state index contributed by atoms with van der Waals surface area (Å²) in [5.41, 5.74) is 2.07. The van der Waals surface area contributed by atoms with Crippen LogP contribution in [0, 0.1) is 0 Å². The quantitative estimate of drug-likeness (QED) is 0.782. The Labute approximate surface area is 134 Å². The molecule has 0 saturated carbocycles. The van der Waals surface area contributed by atoms with Crippen LogP contribution in [-0.2, 0) is 5.41 Å². The highest BCUT2D eigenvalue weighted by atomic mass is 79.9. The summed E-state index contributed by atoms with van der Waals surface area (Å²) >= 11 is 3.44. The lowest BCUT2D eigenvalue weighted by Crippen LogP contribution is -2.10. The molecule has 0 saturated heterocycles. The van der Waals surface area contributed by atoms with Crippen molar-refractivity contribution >= 4 is 15.9 Å². The van der Waals surface area contributed by atoms with Crippen molar-refractivity contribution in [3.63, 3.8) is 0 Å². The van der Waals surface area contributed by atoms with Crippen molar-refractivity contribution in [3.8, 4) is 11.5 Å². The SMILES string of the molecule is CC(O)c1ccc(Br)cc1Oc1cccc(C(C)(C)C)c1. The number of hydrogen-bond acceptors (Lipinski definition) is 2. The molecule has 0 radical (unpaired) electrons. The van der Waals surface area contributed by atoms with E-state index >= 15 is 0 Å². The predicted octanol–water partition coefficient (Wildman–Crippen LogP) is 5.59. The maximum Gasteiger partial charge on any atom is 0.134 e. The fraction of sp³-hybridized carbons (Fsp3) is 0.333. The normalized spacial score (nSPS) is 13.0. The second-order valence-electron chi connectivity index (χ2n) is 6.24. The van der Waals surface area contributed by atoms with Crippen LogP contribution in [0.4, 0.5) is 0 Å². The molecular weight excluding hydrogens is 328 g/mol. The average Bonchev–Trinajstić information content (AvgIpc) is 2.37. The molecule has 2 aromatic rings. The van der Waals surface area contributed by atoms with Crippen LogP contribution in [-0.4, -0.2) is 5.11 Å². The van der Waals surface area contributed by atoms with Crippen LogP contribution >= 0.6 is 15.9 Å². The number of benzene rings is 2. The van der Waals surface area contributed by atoms with Crippen LogP contribution in [0.25, 0.3) is 0 Å². The van der Waals surface area contributed by atoms with Crippen LogP contribution < -0.4 is 4.74 Å². The Bertz CT molecular complexity index is 627. The summed E-state index contributed by atoms with van der Waals surface area (Å²) < 4.78 is 6.92. The molecule has 0 aliphatic rings. The van der Waals surface area contributed by atoms with Crippen LogP contribution in [0.15, 0.2) is 46.9 Å². The van der Waals surface area contributed by atoms with Crippen molar-refractivity contribution in [2.24, 2.45) is 0 Å². The van der Waals surface area contributed by atoms with Gasteiger partial charge in [-0.25, -0.2) is 0 Å². The van der Waals surface area contributed by atoms with E-state index < -0.39 is 6.10 Å². The van der Waals surface area contributed by atoms with Crippen molar-refractivity contribution < 1.29 is 9.84 Å². The van der Waals surface area contributed by atoms with Crippen molar-refractivity contribution in [2.75, 3.05) is 0 Å². The first-order chi connectivity index (χ1) is 9.77. The Hall–Kier alpha value is -1.32. The molecule has 1 atom stereocenters. The zero-order valence-electron chi connectivity index (χ0n) is 12.9. The molecule has 0 bridgehead atoms. The first kappa shape index (κ1) is 16.1. The summed E-state index contributed by atoms with van der Waals surface area (Å²) in [7, 11) is 0. The highest BCUT2D eigenvalue weighted by Crippen LogP contribution is 2.34. The number of aliphatic hydroxyl groups excluding tert-OH is 1. The van der Waals surface area contributed by atoms with Gasteiger partial charge in [-0.05, 0) is 42.2 Å². The Morgan fingerprint density at radius 3 is 2.43 bits per heavy atom. The van der Waals surface area contributed by atoms with Gasteiger partial charge < -0.3 is 9.84 Å². The Kier molecular flexibility index (Phi) is 4.74. The smallest absolute Gasteiger partial charge is 0.134 e. The maximum absolute atomic E-state index is 9.86. The molecule has 0 aliphatic carbocycles. The number of ether oxygens (including phenoxy) is 1. The summed E-state index contributed by atoms with van der Waals surface area (Å²) in [5, 5.41) is 9.86.